The van der Waals surface area contributed by atoms with Gasteiger partial charge in [-0.15, -0.1) is 11.8 Å². The molecule has 0 saturated heterocycles. The van der Waals surface area contributed by atoms with Crippen LogP contribution in [0.15, 0.2) is 41.6 Å². The van der Waals surface area contributed by atoms with Gasteiger partial charge in [-0.1, -0.05) is 11.6 Å². The molecule has 4 nitrogen and oxygen atoms in total. The van der Waals surface area contributed by atoms with Crippen LogP contribution < -0.4 is 10.1 Å². The van der Waals surface area contributed by atoms with E-state index in [1.54, 1.807) is 43.1 Å². The molecule has 2 rings (SSSR count). The average Bonchev–Trinajstić information content (AvgIpc) is 2.50. The van der Waals surface area contributed by atoms with Gasteiger partial charge in [-0.2, -0.15) is 0 Å². The normalized spacial score (nSPS) is 11.8. The van der Waals surface area contributed by atoms with E-state index in [-0.39, 0.29) is 5.91 Å². The van der Waals surface area contributed by atoms with E-state index in [0.717, 1.165) is 10.6 Å². The number of ether oxygens (including phenoxy) is 1. The molecule has 0 aliphatic rings. The molecule has 0 bridgehead atoms. The zero-order valence-electron chi connectivity index (χ0n) is 12.6. The number of halogens is 1. The van der Waals surface area contributed by atoms with E-state index in [4.69, 9.17) is 16.3 Å². The van der Waals surface area contributed by atoms with Gasteiger partial charge in [0, 0.05) is 5.02 Å². The number of anilines is 1. The minimum atomic E-state index is -0.625. The number of pyridine rings is 1. The van der Waals surface area contributed by atoms with Crippen LogP contribution >= 0.6 is 23.4 Å². The second-order valence-corrected chi connectivity index (χ2v) is 6.01. The molecule has 22 heavy (non-hydrogen) atoms. The summed E-state index contributed by atoms with van der Waals surface area (Å²) in [6.45, 7) is 3.59. The van der Waals surface area contributed by atoms with Crippen LogP contribution in [0.3, 0.4) is 0 Å². The Morgan fingerprint density at radius 2 is 2.14 bits per heavy atom. The Labute approximate surface area is 139 Å². The van der Waals surface area contributed by atoms with Crippen LogP contribution in [-0.4, -0.2) is 23.3 Å². The fourth-order valence-corrected chi connectivity index (χ4v) is 2.40. The first-order chi connectivity index (χ1) is 10.5. The second-order valence-electron chi connectivity index (χ2n) is 4.75. The van der Waals surface area contributed by atoms with Gasteiger partial charge >= 0.3 is 0 Å². The van der Waals surface area contributed by atoms with Gasteiger partial charge in [-0.3, -0.25) is 4.79 Å². The van der Waals surface area contributed by atoms with Gasteiger partial charge in [0.2, 0.25) is 0 Å². The van der Waals surface area contributed by atoms with Crippen molar-refractivity contribution in [1.29, 1.82) is 0 Å². The summed E-state index contributed by atoms with van der Waals surface area (Å²) in [4.78, 5) is 16.4. The molecule has 1 atom stereocenters. The Balaban J connectivity index is 1.99. The molecule has 1 aromatic carbocycles. The number of nitrogens with one attached hydrogen (secondary N) is 1. The number of nitrogens with zero attached hydrogens (tertiary/aromatic N) is 1. The Kier molecular flexibility index (Phi) is 5.69. The van der Waals surface area contributed by atoms with Crippen molar-refractivity contribution in [2.24, 2.45) is 0 Å². The molecule has 0 spiro atoms. The van der Waals surface area contributed by atoms with Gasteiger partial charge in [0.15, 0.2) is 6.10 Å². The SMILES string of the molecule is CSc1ccc(NC(=O)C(C)Oc2ccc(Cl)cc2C)cn1. The second kappa shape index (κ2) is 7.51. The first-order valence-corrected chi connectivity index (χ1v) is 8.33. The van der Waals surface area contributed by atoms with E-state index in [0.29, 0.717) is 16.5 Å². The predicted octanol–water partition coefficient (Wildman–Crippen LogP) is 4.17. The minimum absolute atomic E-state index is 0.229. The van der Waals surface area contributed by atoms with Gasteiger partial charge < -0.3 is 10.1 Å². The summed E-state index contributed by atoms with van der Waals surface area (Å²) in [6, 6.07) is 8.97. The fourth-order valence-electron chi connectivity index (χ4n) is 1.81. The van der Waals surface area contributed by atoms with Crippen molar-refractivity contribution in [2.75, 3.05) is 11.6 Å². The number of hydrogen-bond acceptors (Lipinski definition) is 4. The molecule has 0 saturated carbocycles. The lowest BCUT2D eigenvalue weighted by Crippen LogP contribution is -2.30. The first kappa shape index (κ1) is 16.6. The molecule has 1 amide bonds. The molecule has 1 heterocycles. The zero-order chi connectivity index (χ0) is 16.1. The van der Waals surface area contributed by atoms with Crippen molar-refractivity contribution < 1.29 is 9.53 Å². The summed E-state index contributed by atoms with van der Waals surface area (Å²) in [5.74, 6) is 0.413. The minimum Gasteiger partial charge on any atom is -0.481 e. The number of aryl methyl sites for hydroxylation is 1. The lowest BCUT2D eigenvalue weighted by atomic mass is 10.2. The Bertz CT molecular complexity index is 662. The number of amides is 1. The quantitative estimate of drug-likeness (QED) is 0.832. The van der Waals surface area contributed by atoms with E-state index in [1.807, 2.05) is 25.3 Å². The zero-order valence-corrected chi connectivity index (χ0v) is 14.2. The van der Waals surface area contributed by atoms with Crippen LogP contribution in [0.25, 0.3) is 0 Å². The van der Waals surface area contributed by atoms with E-state index >= 15 is 0 Å². The Morgan fingerprint density at radius 1 is 1.36 bits per heavy atom. The van der Waals surface area contributed by atoms with E-state index in [9.17, 15) is 4.79 Å². The van der Waals surface area contributed by atoms with Gasteiger partial charge in [-0.25, -0.2) is 4.98 Å². The summed E-state index contributed by atoms with van der Waals surface area (Å²) < 4.78 is 5.68. The molecule has 0 radical (unpaired) electrons. The van der Waals surface area contributed by atoms with Gasteiger partial charge in [-0.05, 0) is 56.0 Å². The number of hydrogen-bond donors (Lipinski definition) is 1. The Hall–Kier alpha value is -1.72. The maximum Gasteiger partial charge on any atom is 0.265 e. The molecule has 2 aromatic rings. The third-order valence-corrected chi connectivity index (χ3v) is 3.92. The lowest BCUT2D eigenvalue weighted by Gasteiger charge is -2.16. The van der Waals surface area contributed by atoms with Crippen molar-refractivity contribution in [1.82, 2.24) is 4.98 Å². The standard InChI is InChI=1S/C16H17ClN2O2S/c1-10-8-12(17)4-6-14(10)21-11(2)16(20)19-13-5-7-15(22-3)18-9-13/h4-9,11H,1-3H3,(H,19,20). The van der Waals surface area contributed by atoms with Crippen LogP contribution in [0.4, 0.5) is 5.69 Å². The van der Waals surface area contributed by atoms with E-state index < -0.39 is 6.10 Å². The van der Waals surface area contributed by atoms with Crippen LogP contribution in [0.1, 0.15) is 12.5 Å². The largest absolute Gasteiger partial charge is 0.481 e. The van der Waals surface area contributed by atoms with Crippen molar-refractivity contribution in [3.05, 3.63) is 47.1 Å². The van der Waals surface area contributed by atoms with Crippen LogP contribution in [0.5, 0.6) is 5.75 Å². The number of benzene rings is 1. The maximum atomic E-state index is 12.2. The van der Waals surface area contributed by atoms with Crippen molar-refractivity contribution in [3.63, 3.8) is 0 Å². The highest BCUT2D eigenvalue weighted by atomic mass is 35.5. The van der Waals surface area contributed by atoms with Crippen LogP contribution in [0, 0.1) is 6.92 Å². The molecule has 6 heteroatoms. The van der Waals surface area contributed by atoms with Crippen molar-refractivity contribution >= 4 is 35.0 Å². The highest BCUT2D eigenvalue weighted by Crippen LogP contribution is 2.23. The maximum absolute atomic E-state index is 12.2. The molecule has 1 aromatic heterocycles. The summed E-state index contributed by atoms with van der Waals surface area (Å²) in [5.41, 5.74) is 1.53. The summed E-state index contributed by atoms with van der Waals surface area (Å²) in [7, 11) is 0. The monoisotopic (exact) mass is 336 g/mol. The summed E-state index contributed by atoms with van der Waals surface area (Å²) >= 11 is 7.45. The van der Waals surface area contributed by atoms with E-state index in [2.05, 4.69) is 10.3 Å². The number of carbonyl (C=O) groups is 1. The van der Waals surface area contributed by atoms with Crippen molar-refractivity contribution in [3.8, 4) is 5.75 Å². The number of carbonyl (C=O) groups excluding carboxylic acids is 1. The fraction of sp³-hybridized carbons (Fsp3) is 0.250. The number of rotatable bonds is 5. The van der Waals surface area contributed by atoms with Gasteiger partial charge in [0.1, 0.15) is 5.75 Å². The highest BCUT2D eigenvalue weighted by molar-refractivity contribution is 7.98. The third-order valence-electron chi connectivity index (χ3n) is 3.02. The summed E-state index contributed by atoms with van der Waals surface area (Å²) in [5, 5.41) is 4.32. The smallest absolute Gasteiger partial charge is 0.265 e. The molecule has 0 fully saturated rings. The number of aromatic nitrogens is 1. The lowest BCUT2D eigenvalue weighted by molar-refractivity contribution is -0.122. The molecule has 0 aliphatic carbocycles. The average molecular weight is 337 g/mol. The highest BCUT2D eigenvalue weighted by Gasteiger charge is 2.16. The molecular formula is C16H17ClN2O2S. The molecular weight excluding hydrogens is 320 g/mol. The molecule has 0 aliphatic heterocycles. The first-order valence-electron chi connectivity index (χ1n) is 6.73. The number of thioether (sulfide) groups is 1. The third kappa shape index (κ3) is 4.39. The Morgan fingerprint density at radius 3 is 2.73 bits per heavy atom. The van der Waals surface area contributed by atoms with Crippen LogP contribution in [-0.2, 0) is 4.79 Å². The van der Waals surface area contributed by atoms with Gasteiger partial charge in [0.05, 0.1) is 16.9 Å². The molecule has 1 unspecified atom stereocenters. The topological polar surface area (TPSA) is 51.2 Å². The molecule has 116 valence electrons. The summed E-state index contributed by atoms with van der Waals surface area (Å²) in [6.07, 6.45) is 2.95. The molecule has 1 N–H and O–H groups in total. The van der Waals surface area contributed by atoms with E-state index in [1.165, 1.54) is 0 Å². The van der Waals surface area contributed by atoms with Crippen LogP contribution in [0.2, 0.25) is 5.02 Å². The van der Waals surface area contributed by atoms with Crippen molar-refractivity contribution in [2.45, 2.75) is 25.0 Å². The van der Waals surface area contributed by atoms with Gasteiger partial charge in [0.25, 0.3) is 5.91 Å². The predicted molar refractivity (Wildman–Crippen MR) is 90.9 cm³/mol.